The summed E-state index contributed by atoms with van der Waals surface area (Å²) in [5.41, 5.74) is 7.45. The smallest absolute Gasteiger partial charge is 0.166 e. The fourth-order valence-corrected chi connectivity index (χ4v) is 3.33. The predicted octanol–water partition coefficient (Wildman–Crippen LogP) is 4.61. The van der Waals surface area contributed by atoms with E-state index in [4.69, 9.17) is 10.5 Å². The largest absolute Gasteiger partial charge is 0.453 e. The van der Waals surface area contributed by atoms with Gasteiger partial charge < -0.3 is 15.8 Å². The molecule has 0 saturated heterocycles. The first-order valence-corrected chi connectivity index (χ1v) is 9.19. The molecule has 138 valence electrons. The van der Waals surface area contributed by atoms with Crippen LogP contribution in [0.1, 0.15) is 43.4 Å². The van der Waals surface area contributed by atoms with Gasteiger partial charge in [-0.05, 0) is 48.7 Å². The number of pyridine rings is 1. The zero-order chi connectivity index (χ0) is 18.4. The molecular weight excluding hydrogens is 329 g/mol. The summed E-state index contributed by atoms with van der Waals surface area (Å²) in [7, 11) is 0. The number of hydrogen-bond donors (Lipinski definition) is 2. The minimum absolute atomic E-state index is 0.181. The van der Waals surface area contributed by atoms with Gasteiger partial charge in [-0.15, -0.1) is 0 Å². The number of hydrogen-bond acceptors (Lipinski definition) is 4. The van der Waals surface area contributed by atoms with Crippen LogP contribution >= 0.6 is 0 Å². The number of nitrogens with one attached hydrogen (secondary N) is 1. The Hall–Kier alpha value is -2.40. The van der Waals surface area contributed by atoms with Gasteiger partial charge in [0.2, 0.25) is 0 Å². The van der Waals surface area contributed by atoms with Crippen molar-refractivity contribution in [3.05, 3.63) is 60.2 Å². The highest BCUT2D eigenvalue weighted by atomic mass is 19.1. The van der Waals surface area contributed by atoms with Crippen molar-refractivity contribution in [2.45, 2.75) is 38.6 Å². The first-order chi connectivity index (χ1) is 12.6. The number of aromatic nitrogens is 1. The third-order valence-electron chi connectivity index (χ3n) is 4.82. The van der Waals surface area contributed by atoms with E-state index in [1.807, 2.05) is 6.07 Å². The second-order valence-electron chi connectivity index (χ2n) is 6.89. The van der Waals surface area contributed by atoms with E-state index in [0.717, 1.165) is 18.0 Å². The molecule has 4 nitrogen and oxygen atoms in total. The molecule has 0 atom stereocenters. The molecular formula is C21H26FN3O. The summed E-state index contributed by atoms with van der Waals surface area (Å²) < 4.78 is 19.9. The summed E-state index contributed by atoms with van der Waals surface area (Å²) in [5, 5.41) is 3.40. The lowest BCUT2D eigenvalue weighted by molar-refractivity contribution is 0.439. The maximum absolute atomic E-state index is 14.3. The van der Waals surface area contributed by atoms with Gasteiger partial charge in [-0.25, -0.2) is 4.39 Å². The van der Waals surface area contributed by atoms with E-state index in [1.165, 1.54) is 44.4 Å². The Balaban J connectivity index is 1.50. The van der Waals surface area contributed by atoms with Crippen molar-refractivity contribution in [3.63, 3.8) is 0 Å². The van der Waals surface area contributed by atoms with Gasteiger partial charge in [0.05, 0.1) is 17.6 Å². The Kier molecular flexibility index (Phi) is 6.23. The standard InChI is InChI=1S/C21H26FN3O/c1-15(23)20-8-7-18(14-25-20)26-21-9-6-17(12-19(21)22)13-24-11-10-16-4-2-3-5-16/h6-9,12,14,16,24H,1-5,10-11,13,23H2. The van der Waals surface area contributed by atoms with Gasteiger partial charge in [-0.2, -0.15) is 0 Å². The van der Waals surface area contributed by atoms with Crippen LogP contribution in [0.3, 0.4) is 0 Å². The van der Waals surface area contributed by atoms with E-state index in [0.29, 0.717) is 23.7 Å². The van der Waals surface area contributed by atoms with E-state index in [1.54, 1.807) is 18.2 Å². The molecule has 3 N–H and O–H groups in total. The highest BCUT2D eigenvalue weighted by Gasteiger charge is 2.14. The lowest BCUT2D eigenvalue weighted by Crippen LogP contribution is -2.17. The summed E-state index contributed by atoms with van der Waals surface area (Å²) in [6.45, 7) is 5.27. The normalized spacial score (nSPS) is 14.5. The number of nitrogens with two attached hydrogens (primary N) is 1. The zero-order valence-corrected chi connectivity index (χ0v) is 15.0. The second kappa shape index (κ2) is 8.81. The van der Waals surface area contributed by atoms with Gasteiger partial charge in [0.1, 0.15) is 5.75 Å². The van der Waals surface area contributed by atoms with E-state index < -0.39 is 0 Å². The summed E-state index contributed by atoms with van der Waals surface area (Å²) >= 11 is 0. The highest BCUT2D eigenvalue weighted by molar-refractivity contribution is 5.56. The fraction of sp³-hybridized carbons (Fsp3) is 0.381. The van der Waals surface area contributed by atoms with Crippen LogP contribution < -0.4 is 15.8 Å². The van der Waals surface area contributed by atoms with Crippen molar-refractivity contribution in [1.29, 1.82) is 0 Å². The molecule has 0 radical (unpaired) electrons. The molecule has 1 fully saturated rings. The molecule has 2 aromatic rings. The number of nitrogens with zero attached hydrogens (tertiary/aromatic N) is 1. The number of halogens is 1. The molecule has 1 aromatic heterocycles. The van der Waals surface area contributed by atoms with Crippen LogP contribution in [-0.2, 0) is 6.54 Å². The van der Waals surface area contributed by atoms with Crippen LogP contribution in [0.15, 0.2) is 43.1 Å². The van der Waals surface area contributed by atoms with Gasteiger partial charge in [0.25, 0.3) is 0 Å². The molecule has 0 amide bonds. The average Bonchev–Trinajstić information content (AvgIpc) is 3.15. The average molecular weight is 355 g/mol. The van der Waals surface area contributed by atoms with Crippen LogP contribution in [0, 0.1) is 11.7 Å². The molecule has 0 unspecified atom stereocenters. The highest BCUT2D eigenvalue weighted by Crippen LogP contribution is 2.27. The van der Waals surface area contributed by atoms with Crippen molar-refractivity contribution < 1.29 is 9.13 Å². The zero-order valence-electron chi connectivity index (χ0n) is 15.0. The monoisotopic (exact) mass is 355 g/mol. The summed E-state index contributed by atoms with van der Waals surface area (Å²) in [4.78, 5) is 4.12. The van der Waals surface area contributed by atoms with Gasteiger partial charge >= 0.3 is 0 Å². The van der Waals surface area contributed by atoms with Gasteiger partial charge in [0, 0.05) is 6.54 Å². The Morgan fingerprint density at radius 1 is 1.27 bits per heavy atom. The second-order valence-corrected chi connectivity index (χ2v) is 6.89. The molecule has 1 saturated carbocycles. The Labute approximate surface area is 154 Å². The van der Waals surface area contributed by atoms with E-state index >= 15 is 0 Å². The molecule has 0 bridgehead atoms. The first kappa shape index (κ1) is 18.4. The van der Waals surface area contributed by atoms with Crippen LogP contribution in [0.2, 0.25) is 0 Å². The maximum atomic E-state index is 14.3. The van der Waals surface area contributed by atoms with Crippen molar-refractivity contribution in [1.82, 2.24) is 10.3 Å². The Morgan fingerprint density at radius 3 is 2.73 bits per heavy atom. The van der Waals surface area contributed by atoms with E-state index in [2.05, 4.69) is 16.9 Å². The van der Waals surface area contributed by atoms with Crippen LogP contribution in [0.25, 0.3) is 5.70 Å². The molecule has 0 spiro atoms. The summed E-state index contributed by atoms with van der Waals surface area (Å²) in [5.74, 6) is 1.12. The van der Waals surface area contributed by atoms with Gasteiger partial charge in [-0.1, -0.05) is 38.3 Å². The fourth-order valence-electron chi connectivity index (χ4n) is 3.33. The lowest BCUT2D eigenvalue weighted by atomic mass is 10.0. The third-order valence-corrected chi connectivity index (χ3v) is 4.82. The molecule has 1 heterocycles. The summed E-state index contributed by atoms with van der Waals surface area (Å²) in [6.07, 6.45) is 8.18. The third kappa shape index (κ3) is 5.05. The number of rotatable bonds is 8. The lowest BCUT2D eigenvalue weighted by Gasteiger charge is -2.11. The van der Waals surface area contributed by atoms with Crippen molar-refractivity contribution in [3.8, 4) is 11.5 Å². The van der Waals surface area contributed by atoms with Crippen molar-refractivity contribution in [2.75, 3.05) is 6.54 Å². The predicted molar refractivity (Wildman–Crippen MR) is 102 cm³/mol. The van der Waals surface area contributed by atoms with Crippen LogP contribution in [0.4, 0.5) is 4.39 Å². The summed E-state index contributed by atoms with van der Waals surface area (Å²) in [6, 6.07) is 8.43. The quantitative estimate of drug-likeness (QED) is 0.679. The molecule has 26 heavy (non-hydrogen) atoms. The molecule has 0 aliphatic heterocycles. The Bertz CT molecular complexity index is 739. The minimum Gasteiger partial charge on any atom is -0.453 e. The molecule has 1 aliphatic rings. The van der Waals surface area contributed by atoms with E-state index in [9.17, 15) is 4.39 Å². The van der Waals surface area contributed by atoms with Crippen molar-refractivity contribution >= 4 is 5.70 Å². The number of benzene rings is 1. The minimum atomic E-state index is -0.382. The van der Waals surface area contributed by atoms with Gasteiger partial charge in [-0.3, -0.25) is 4.98 Å². The first-order valence-electron chi connectivity index (χ1n) is 9.19. The topological polar surface area (TPSA) is 60.2 Å². The van der Waals surface area contributed by atoms with E-state index in [-0.39, 0.29) is 11.6 Å². The van der Waals surface area contributed by atoms with Crippen LogP contribution in [0.5, 0.6) is 11.5 Å². The molecule has 3 rings (SSSR count). The van der Waals surface area contributed by atoms with Gasteiger partial charge in [0.15, 0.2) is 11.6 Å². The van der Waals surface area contributed by atoms with Crippen molar-refractivity contribution in [2.24, 2.45) is 11.7 Å². The maximum Gasteiger partial charge on any atom is 0.166 e. The van der Waals surface area contributed by atoms with Crippen LogP contribution in [-0.4, -0.2) is 11.5 Å². The molecule has 5 heteroatoms. The SMILES string of the molecule is C=C(N)c1ccc(Oc2ccc(CNCCC3CCCC3)cc2F)cn1. The number of ether oxygens (including phenoxy) is 1. The molecule has 1 aliphatic carbocycles. The Morgan fingerprint density at radius 2 is 2.08 bits per heavy atom. The molecule has 1 aromatic carbocycles.